The van der Waals surface area contributed by atoms with E-state index in [-0.39, 0.29) is 5.56 Å². The Balaban J connectivity index is 1.39. The van der Waals surface area contributed by atoms with Crippen molar-refractivity contribution in [3.63, 3.8) is 0 Å². The standard InChI is InChI=1S/C20H22N6O2/c1-13-3-4-15(6-22-13)19-17(14(2)28-24-19)8-26-18(27)5-16(7-23-26)25-11-20(12-25)9-21-10-20/h3-7,21H,8-12H2,1-2H3. The highest BCUT2D eigenvalue weighted by molar-refractivity contribution is 5.62. The first kappa shape index (κ1) is 17.1. The molecule has 0 unspecified atom stereocenters. The summed E-state index contributed by atoms with van der Waals surface area (Å²) in [5.74, 6) is 0.676. The average Bonchev–Trinajstić information content (AvgIpc) is 2.96. The fourth-order valence-electron chi connectivity index (χ4n) is 3.93. The lowest BCUT2D eigenvalue weighted by atomic mass is 9.74. The Morgan fingerprint density at radius 3 is 2.68 bits per heavy atom. The molecule has 0 amide bonds. The van der Waals surface area contributed by atoms with Crippen LogP contribution >= 0.6 is 0 Å². The quantitative estimate of drug-likeness (QED) is 0.733. The average molecular weight is 378 g/mol. The highest BCUT2D eigenvalue weighted by atomic mass is 16.5. The molecule has 0 radical (unpaired) electrons. The lowest BCUT2D eigenvalue weighted by molar-refractivity contribution is 0.121. The van der Waals surface area contributed by atoms with Gasteiger partial charge in [-0.15, -0.1) is 0 Å². The van der Waals surface area contributed by atoms with Crippen LogP contribution in [0.3, 0.4) is 0 Å². The molecular formula is C20H22N6O2. The molecule has 0 atom stereocenters. The zero-order valence-corrected chi connectivity index (χ0v) is 16.0. The number of nitrogens with one attached hydrogen (secondary N) is 1. The molecule has 8 heteroatoms. The third-order valence-electron chi connectivity index (χ3n) is 5.75. The van der Waals surface area contributed by atoms with Gasteiger partial charge in [0.1, 0.15) is 11.5 Å². The van der Waals surface area contributed by atoms with E-state index in [1.807, 2.05) is 26.0 Å². The van der Waals surface area contributed by atoms with Crippen molar-refractivity contribution in [2.75, 3.05) is 31.1 Å². The second-order valence-electron chi connectivity index (χ2n) is 7.92. The first-order valence-electron chi connectivity index (χ1n) is 9.44. The zero-order valence-electron chi connectivity index (χ0n) is 16.0. The van der Waals surface area contributed by atoms with Gasteiger partial charge >= 0.3 is 0 Å². The summed E-state index contributed by atoms with van der Waals surface area (Å²) in [6.07, 6.45) is 3.54. The Hall–Kier alpha value is -3.00. The van der Waals surface area contributed by atoms with Crippen molar-refractivity contribution in [1.29, 1.82) is 0 Å². The molecular weight excluding hydrogens is 356 g/mol. The van der Waals surface area contributed by atoms with Crippen molar-refractivity contribution in [2.45, 2.75) is 20.4 Å². The lowest BCUT2D eigenvalue weighted by Gasteiger charge is -2.56. The summed E-state index contributed by atoms with van der Waals surface area (Å²) >= 11 is 0. The van der Waals surface area contributed by atoms with Crippen LogP contribution in [-0.4, -0.2) is 46.1 Å². The maximum Gasteiger partial charge on any atom is 0.269 e. The van der Waals surface area contributed by atoms with E-state index >= 15 is 0 Å². The highest BCUT2D eigenvalue weighted by Gasteiger charge is 2.47. The minimum absolute atomic E-state index is 0.126. The largest absolute Gasteiger partial charge is 0.369 e. The molecule has 2 saturated heterocycles. The van der Waals surface area contributed by atoms with Crippen molar-refractivity contribution in [3.8, 4) is 11.3 Å². The Kier molecular flexibility index (Phi) is 3.83. The molecule has 2 aliphatic heterocycles. The van der Waals surface area contributed by atoms with Crippen LogP contribution in [0.15, 0.2) is 39.9 Å². The fraction of sp³-hybridized carbons (Fsp3) is 0.400. The van der Waals surface area contributed by atoms with Gasteiger partial charge in [-0.3, -0.25) is 9.78 Å². The van der Waals surface area contributed by atoms with Crippen molar-refractivity contribution in [3.05, 3.63) is 58.0 Å². The van der Waals surface area contributed by atoms with E-state index in [0.29, 0.717) is 23.4 Å². The molecule has 28 heavy (non-hydrogen) atoms. The van der Waals surface area contributed by atoms with Gasteiger partial charge in [-0.2, -0.15) is 5.10 Å². The van der Waals surface area contributed by atoms with E-state index in [4.69, 9.17) is 4.52 Å². The molecule has 3 aromatic rings. The molecule has 5 heterocycles. The predicted molar refractivity (Wildman–Crippen MR) is 104 cm³/mol. The summed E-state index contributed by atoms with van der Waals surface area (Å²) in [4.78, 5) is 19.2. The van der Waals surface area contributed by atoms with E-state index in [1.54, 1.807) is 18.5 Å². The van der Waals surface area contributed by atoms with Crippen LogP contribution in [0.1, 0.15) is 17.0 Å². The van der Waals surface area contributed by atoms with Crippen LogP contribution in [-0.2, 0) is 6.54 Å². The molecule has 1 N–H and O–H groups in total. The molecule has 0 aliphatic carbocycles. The summed E-state index contributed by atoms with van der Waals surface area (Å²) in [7, 11) is 0. The van der Waals surface area contributed by atoms with Gasteiger partial charge in [0.05, 0.1) is 18.4 Å². The topological polar surface area (TPSA) is 89.1 Å². The molecule has 0 aromatic carbocycles. The minimum Gasteiger partial charge on any atom is -0.369 e. The smallest absolute Gasteiger partial charge is 0.269 e. The van der Waals surface area contributed by atoms with Crippen molar-refractivity contribution in [1.82, 2.24) is 25.2 Å². The molecule has 8 nitrogen and oxygen atoms in total. The Labute approximate surface area is 162 Å². The number of aryl methyl sites for hydroxylation is 2. The van der Waals surface area contributed by atoms with Gasteiger partial charge in [0.2, 0.25) is 0 Å². The monoisotopic (exact) mass is 378 g/mol. The number of anilines is 1. The maximum atomic E-state index is 12.7. The van der Waals surface area contributed by atoms with E-state index < -0.39 is 0 Å². The molecule has 1 spiro atoms. The van der Waals surface area contributed by atoms with Crippen molar-refractivity contribution >= 4 is 5.69 Å². The third-order valence-corrected chi connectivity index (χ3v) is 5.75. The molecule has 0 saturated carbocycles. The van der Waals surface area contributed by atoms with Crippen LogP contribution in [0.5, 0.6) is 0 Å². The van der Waals surface area contributed by atoms with Crippen LogP contribution in [0.2, 0.25) is 0 Å². The van der Waals surface area contributed by atoms with E-state index in [9.17, 15) is 4.79 Å². The van der Waals surface area contributed by atoms with Gasteiger partial charge < -0.3 is 14.7 Å². The molecule has 2 fully saturated rings. The maximum absolute atomic E-state index is 12.7. The Morgan fingerprint density at radius 2 is 2.04 bits per heavy atom. The van der Waals surface area contributed by atoms with Crippen LogP contribution in [0.4, 0.5) is 5.69 Å². The number of rotatable bonds is 4. The summed E-state index contributed by atoms with van der Waals surface area (Å²) in [6, 6.07) is 5.55. The highest BCUT2D eigenvalue weighted by Crippen LogP contribution is 2.36. The van der Waals surface area contributed by atoms with Gasteiger partial charge in [0.15, 0.2) is 0 Å². The Morgan fingerprint density at radius 1 is 1.21 bits per heavy atom. The molecule has 144 valence electrons. The summed E-state index contributed by atoms with van der Waals surface area (Å²) < 4.78 is 6.84. The van der Waals surface area contributed by atoms with Crippen molar-refractivity contribution < 1.29 is 4.52 Å². The second-order valence-corrected chi connectivity index (χ2v) is 7.92. The number of hydrogen-bond acceptors (Lipinski definition) is 7. The first-order valence-corrected chi connectivity index (χ1v) is 9.44. The molecule has 5 rings (SSSR count). The van der Waals surface area contributed by atoms with Crippen molar-refractivity contribution in [2.24, 2.45) is 5.41 Å². The summed E-state index contributed by atoms with van der Waals surface area (Å²) in [6.45, 7) is 8.20. The van der Waals surface area contributed by atoms with Gasteiger partial charge in [0.25, 0.3) is 5.56 Å². The fourth-order valence-corrected chi connectivity index (χ4v) is 3.93. The number of aromatic nitrogens is 4. The summed E-state index contributed by atoms with van der Waals surface area (Å²) in [5.41, 5.74) is 4.52. The minimum atomic E-state index is -0.126. The predicted octanol–water partition coefficient (Wildman–Crippen LogP) is 1.37. The summed E-state index contributed by atoms with van der Waals surface area (Å²) in [5, 5.41) is 11.9. The van der Waals surface area contributed by atoms with Gasteiger partial charge in [-0.05, 0) is 26.0 Å². The molecule has 3 aromatic heterocycles. The Bertz CT molecular complexity index is 1070. The normalized spacial score (nSPS) is 17.4. The van der Waals surface area contributed by atoms with Gasteiger partial charge in [0, 0.05) is 60.7 Å². The van der Waals surface area contributed by atoms with Crippen LogP contribution in [0, 0.1) is 19.3 Å². The first-order chi connectivity index (χ1) is 13.5. The number of nitrogens with zero attached hydrogens (tertiary/aromatic N) is 5. The lowest BCUT2D eigenvalue weighted by Crippen LogP contribution is -2.71. The second kappa shape index (κ2) is 6.27. The number of pyridine rings is 1. The van der Waals surface area contributed by atoms with E-state index in [1.165, 1.54) is 4.68 Å². The number of hydrogen-bond donors (Lipinski definition) is 1. The third kappa shape index (κ3) is 2.80. The van der Waals surface area contributed by atoms with Crippen LogP contribution < -0.4 is 15.8 Å². The zero-order chi connectivity index (χ0) is 19.3. The SMILES string of the molecule is Cc1ccc(-c2noc(C)c2Cn2ncc(N3CC4(CNC4)C3)cc2=O)cn1. The van der Waals surface area contributed by atoms with Crippen LogP contribution in [0.25, 0.3) is 11.3 Å². The van der Waals surface area contributed by atoms with E-state index in [2.05, 4.69) is 25.5 Å². The van der Waals surface area contributed by atoms with E-state index in [0.717, 1.165) is 48.7 Å². The van der Waals surface area contributed by atoms with Gasteiger partial charge in [-0.25, -0.2) is 4.68 Å². The molecule has 2 aliphatic rings. The molecule has 0 bridgehead atoms. The van der Waals surface area contributed by atoms with Gasteiger partial charge in [-0.1, -0.05) is 5.16 Å².